The first-order valence-electron chi connectivity index (χ1n) is 4.82. The summed E-state index contributed by atoms with van der Waals surface area (Å²) in [6.45, 7) is 0. The van der Waals surface area contributed by atoms with E-state index in [-0.39, 0.29) is 16.7 Å². The minimum atomic E-state index is -3.40. The first kappa shape index (κ1) is 15.0. The van der Waals surface area contributed by atoms with Crippen LogP contribution in [-0.2, 0) is 0 Å². The van der Waals surface area contributed by atoms with Crippen LogP contribution in [0.3, 0.4) is 0 Å². The van der Waals surface area contributed by atoms with Gasteiger partial charge in [0, 0.05) is 19.0 Å². The van der Waals surface area contributed by atoms with Gasteiger partial charge in [0.15, 0.2) is 0 Å². The molecule has 0 spiro atoms. The number of nitrogens with two attached hydrogens (primary N) is 1. The zero-order valence-corrected chi connectivity index (χ0v) is 11.3. The fourth-order valence-corrected chi connectivity index (χ4v) is 2.02. The van der Waals surface area contributed by atoms with Gasteiger partial charge in [0.05, 0.1) is 5.69 Å². The second-order valence-corrected chi connectivity index (χ2v) is 5.48. The Hall–Kier alpha value is -1.05. The van der Waals surface area contributed by atoms with Crippen LogP contribution in [0, 0.1) is 0 Å². The Morgan fingerprint density at radius 1 is 1.44 bits per heavy atom. The molecular formula is C10H12ClF2N3OS. The summed E-state index contributed by atoms with van der Waals surface area (Å²) < 4.78 is 21.9. The molecule has 100 valence electrons. The molecule has 0 unspecified atom stereocenters. The lowest BCUT2D eigenvalue weighted by Gasteiger charge is -2.21. The monoisotopic (exact) mass is 295 g/mol. The summed E-state index contributed by atoms with van der Waals surface area (Å²) in [5.74, 6) is 5.58. The Morgan fingerprint density at radius 3 is 2.56 bits per heavy atom. The van der Waals surface area contributed by atoms with E-state index in [1.165, 1.54) is 43.3 Å². The number of hydrazine groups is 1. The molecule has 18 heavy (non-hydrogen) atoms. The van der Waals surface area contributed by atoms with Crippen molar-refractivity contribution in [1.29, 1.82) is 0 Å². The van der Waals surface area contributed by atoms with Crippen LogP contribution in [0.15, 0.2) is 29.2 Å². The Labute approximate surface area is 113 Å². The lowest BCUT2D eigenvalue weighted by molar-refractivity contribution is 0.203. The van der Waals surface area contributed by atoms with Gasteiger partial charge in [-0.1, -0.05) is 6.07 Å². The third-order valence-electron chi connectivity index (χ3n) is 1.92. The van der Waals surface area contributed by atoms with E-state index in [1.807, 2.05) is 0 Å². The summed E-state index contributed by atoms with van der Waals surface area (Å²) in [5.41, 5.74) is 0.305. The number of carbonyl (C=O) groups excluding carboxylic acids is 1. The number of rotatable bonds is 3. The zero-order chi connectivity index (χ0) is 13.9. The first-order valence-corrected chi connectivity index (χ1v) is 6.02. The summed E-state index contributed by atoms with van der Waals surface area (Å²) in [4.78, 5) is 13.1. The van der Waals surface area contributed by atoms with E-state index in [0.29, 0.717) is 5.69 Å². The van der Waals surface area contributed by atoms with Crippen LogP contribution in [-0.4, -0.2) is 29.7 Å². The van der Waals surface area contributed by atoms with Crippen molar-refractivity contribution in [2.24, 2.45) is 5.84 Å². The zero-order valence-electron chi connectivity index (χ0n) is 9.73. The molecule has 0 radical (unpaired) electrons. The number of benzene rings is 1. The molecule has 0 bridgehead atoms. The molecule has 0 fully saturated rings. The van der Waals surface area contributed by atoms with E-state index in [0.717, 1.165) is 5.01 Å². The van der Waals surface area contributed by atoms with E-state index in [4.69, 9.17) is 17.4 Å². The molecule has 1 aromatic carbocycles. The van der Waals surface area contributed by atoms with Crippen molar-refractivity contribution in [3.05, 3.63) is 24.3 Å². The predicted octanol–water partition coefficient (Wildman–Crippen LogP) is 2.93. The SMILES string of the molecule is CN(C)C(=O)N(N)c1cccc(SC(F)(F)Cl)c1. The largest absolute Gasteiger partial charge is 0.375 e. The average Bonchev–Trinajstić information content (AvgIpc) is 2.25. The molecule has 0 aliphatic rings. The van der Waals surface area contributed by atoms with Crippen LogP contribution >= 0.6 is 23.4 Å². The summed E-state index contributed by atoms with van der Waals surface area (Å²) in [6.07, 6.45) is 0. The summed E-state index contributed by atoms with van der Waals surface area (Å²) >= 11 is 5.00. The van der Waals surface area contributed by atoms with Crippen LogP contribution in [0.1, 0.15) is 0 Å². The van der Waals surface area contributed by atoms with Crippen LogP contribution in [0.5, 0.6) is 0 Å². The molecule has 0 saturated carbocycles. The lowest BCUT2D eigenvalue weighted by atomic mass is 10.3. The predicted molar refractivity (Wildman–Crippen MR) is 68.8 cm³/mol. The van der Waals surface area contributed by atoms with E-state index in [1.54, 1.807) is 0 Å². The normalized spacial score (nSPS) is 11.2. The van der Waals surface area contributed by atoms with Crippen LogP contribution < -0.4 is 10.9 Å². The fraction of sp³-hybridized carbons (Fsp3) is 0.300. The van der Waals surface area contributed by atoms with Gasteiger partial charge in [-0.15, -0.1) is 0 Å². The van der Waals surface area contributed by atoms with Crippen molar-refractivity contribution in [2.45, 2.75) is 9.61 Å². The highest BCUT2D eigenvalue weighted by atomic mass is 35.5. The van der Waals surface area contributed by atoms with E-state index in [9.17, 15) is 13.6 Å². The van der Waals surface area contributed by atoms with Gasteiger partial charge in [0.25, 0.3) is 0 Å². The average molecular weight is 296 g/mol. The number of hydrogen-bond donors (Lipinski definition) is 1. The number of halogens is 3. The Morgan fingerprint density at radius 2 is 2.06 bits per heavy atom. The number of amides is 2. The van der Waals surface area contributed by atoms with Crippen LogP contribution in [0.4, 0.5) is 19.3 Å². The Kier molecular flexibility index (Phi) is 4.78. The molecule has 1 rings (SSSR count). The molecule has 1 aromatic rings. The maximum Gasteiger partial charge on any atom is 0.375 e. The van der Waals surface area contributed by atoms with Crippen molar-refractivity contribution in [2.75, 3.05) is 19.1 Å². The molecule has 0 aliphatic heterocycles. The molecule has 4 nitrogen and oxygen atoms in total. The minimum Gasteiger partial charge on any atom is -0.329 e. The molecular weight excluding hydrogens is 284 g/mol. The fourth-order valence-electron chi connectivity index (χ4n) is 1.16. The van der Waals surface area contributed by atoms with E-state index >= 15 is 0 Å². The van der Waals surface area contributed by atoms with Crippen molar-refractivity contribution in [3.8, 4) is 0 Å². The first-order chi connectivity index (χ1) is 8.20. The van der Waals surface area contributed by atoms with E-state index in [2.05, 4.69) is 0 Å². The summed E-state index contributed by atoms with van der Waals surface area (Å²) in [5, 5.41) is 0.871. The molecule has 2 N–H and O–H groups in total. The van der Waals surface area contributed by atoms with E-state index < -0.39 is 10.7 Å². The van der Waals surface area contributed by atoms with Crippen molar-refractivity contribution >= 4 is 35.1 Å². The lowest BCUT2D eigenvalue weighted by Crippen LogP contribution is -2.44. The smallest absolute Gasteiger partial charge is 0.329 e. The molecule has 2 amide bonds. The molecule has 0 heterocycles. The van der Waals surface area contributed by atoms with Gasteiger partial charge in [-0.25, -0.2) is 15.6 Å². The van der Waals surface area contributed by atoms with Crippen molar-refractivity contribution in [1.82, 2.24) is 4.90 Å². The number of alkyl halides is 3. The topological polar surface area (TPSA) is 49.6 Å². The van der Waals surface area contributed by atoms with Gasteiger partial charge in [-0.3, -0.25) is 0 Å². The Balaban J connectivity index is 2.92. The second kappa shape index (κ2) is 5.73. The maximum atomic E-state index is 12.6. The summed E-state index contributed by atoms with van der Waals surface area (Å²) in [7, 11) is 3.07. The van der Waals surface area contributed by atoms with Crippen molar-refractivity contribution in [3.63, 3.8) is 0 Å². The highest BCUT2D eigenvalue weighted by Gasteiger charge is 2.26. The second-order valence-electron chi connectivity index (χ2n) is 3.59. The number of anilines is 1. The third kappa shape index (κ3) is 4.32. The van der Waals surface area contributed by atoms with Gasteiger partial charge in [0.1, 0.15) is 0 Å². The minimum absolute atomic E-state index is 0.177. The number of carbonyl (C=O) groups is 1. The Bertz CT molecular complexity index is 439. The molecule has 0 atom stereocenters. The van der Waals surface area contributed by atoms with Gasteiger partial charge in [-0.05, 0) is 41.6 Å². The van der Waals surface area contributed by atoms with Gasteiger partial charge in [-0.2, -0.15) is 8.78 Å². The number of urea groups is 1. The highest BCUT2D eigenvalue weighted by molar-refractivity contribution is 8.01. The molecule has 8 heteroatoms. The van der Waals surface area contributed by atoms with Gasteiger partial charge < -0.3 is 4.90 Å². The molecule has 0 aliphatic carbocycles. The van der Waals surface area contributed by atoms with Crippen LogP contribution in [0.2, 0.25) is 0 Å². The number of thioether (sulfide) groups is 1. The third-order valence-corrected chi connectivity index (χ3v) is 2.87. The standard InChI is InChI=1S/C10H12ClF2N3OS/c1-15(2)9(17)16(14)7-4-3-5-8(6-7)18-10(11,12)13/h3-6H,14H2,1-2H3. The maximum absolute atomic E-state index is 12.6. The summed E-state index contributed by atoms with van der Waals surface area (Å²) in [6, 6.07) is 5.41. The molecule has 0 aromatic heterocycles. The van der Waals surface area contributed by atoms with Crippen LogP contribution in [0.25, 0.3) is 0 Å². The number of hydrogen-bond acceptors (Lipinski definition) is 3. The number of nitrogens with zero attached hydrogens (tertiary/aromatic N) is 2. The molecule has 0 saturated heterocycles. The van der Waals surface area contributed by atoms with Gasteiger partial charge in [0.2, 0.25) is 0 Å². The quantitative estimate of drug-likeness (QED) is 0.307. The van der Waals surface area contributed by atoms with Gasteiger partial charge >= 0.3 is 10.7 Å². The highest BCUT2D eigenvalue weighted by Crippen LogP contribution is 2.39. The van der Waals surface area contributed by atoms with Crippen molar-refractivity contribution < 1.29 is 13.6 Å².